The topological polar surface area (TPSA) is 42.5 Å². The fraction of sp³-hybridized carbons (Fsp3) is 0.316. The van der Waals surface area contributed by atoms with E-state index < -0.39 is 6.61 Å². The Balaban J connectivity index is 1.61. The number of alkyl halides is 2. The van der Waals surface area contributed by atoms with Crippen molar-refractivity contribution in [2.45, 2.75) is 26.1 Å². The molecule has 0 aromatic heterocycles. The molecule has 2 aromatic carbocycles. The van der Waals surface area contributed by atoms with E-state index in [0.29, 0.717) is 24.0 Å². The molecule has 4 nitrogen and oxygen atoms in total. The Bertz CT molecular complexity index is 669. The summed E-state index contributed by atoms with van der Waals surface area (Å²) in [5.74, 6) is 0.106. The molecule has 0 spiro atoms. The zero-order chi connectivity index (χ0) is 18.8. The van der Waals surface area contributed by atoms with Crippen LogP contribution in [0.3, 0.4) is 0 Å². The van der Waals surface area contributed by atoms with Gasteiger partial charge in [0.2, 0.25) is 0 Å². The number of benzene rings is 2. The molecule has 0 fully saturated rings. The maximum atomic E-state index is 12.1. The van der Waals surface area contributed by atoms with E-state index in [0.717, 1.165) is 12.0 Å². The Labute approximate surface area is 157 Å². The SMILES string of the molecule is C[C@@H](OCCCNC(=S)Nc1ccc(OC(F)F)cc1)c1ccccc1. The zero-order valence-electron chi connectivity index (χ0n) is 14.5. The van der Waals surface area contributed by atoms with Crippen molar-refractivity contribution in [3.63, 3.8) is 0 Å². The Morgan fingerprint density at radius 2 is 1.77 bits per heavy atom. The van der Waals surface area contributed by atoms with E-state index in [1.54, 1.807) is 12.1 Å². The van der Waals surface area contributed by atoms with Crippen LogP contribution < -0.4 is 15.4 Å². The highest BCUT2D eigenvalue weighted by molar-refractivity contribution is 7.80. The highest BCUT2D eigenvalue weighted by Crippen LogP contribution is 2.18. The van der Waals surface area contributed by atoms with Crippen LogP contribution in [0.4, 0.5) is 14.5 Å². The molecule has 0 aliphatic heterocycles. The summed E-state index contributed by atoms with van der Waals surface area (Å²) in [4.78, 5) is 0. The van der Waals surface area contributed by atoms with Crippen LogP contribution in [-0.2, 0) is 4.74 Å². The van der Waals surface area contributed by atoms with E-state index in [-0.39, 0.29) is 11.9 Å². The molecule has 2 aromatic rings. The lowest BCUT2D eigenvalue weighted by Gasteiger charge is -2.14. The lowest BCUT2D eigenvalue weighted by Crippen LogP contribution is -2.29. The summed E-state index contributed by atoms with van der Waals surface area (Å²) in [6.45, 7) is 0.477. The molecule has 0 radical (unpaired) electrons. The molecule has 26 heavy (non-hydrogen) atoms. The van der Waals surface area contributed by atoms with Gasteiger partial charge in [-0.05, 0) is 55.4 Å². The van der Waals surface area contributed by atoms with Crippen LogP contribution in [0.5, 0.6) is 5.75 Å². The third-order valence-corrected chi connectivity index (χ3v) is 3.83. The summed E-state index contributed by atoms with van der Waals surface area (Å²) in [5.41, 5.74) is 1.84. The van der Waals surface area contributed by atoms with Crippen molar-refractivity contribution in [2.75, 3.05) is 18.5 Å². The number of hydrogen-bond donors (Lipinski definition) is 2. The second kappa shape index (κ2) is 10.7. The minimum atomic E-state index is -2.83. The smallest absolute Gasteiger partial charge is 0.387 e. The minimum absolute atomic E-state index is 0.0512. The summed E-state index contributed by atoms with van der Waals surface area (Å²) in [7, 11) is 0. The van der Waals surface area contributed by atoms with E-state index in [1.807, 2.05) is 37.3 Å². The summed E-state index contributed by atoms with van der Waals surface area (Å²) in [6, 6.07) is 16.2. The first-order valence-corrected chi connectivity index (χ1v) is 8.71. The van der Waals surface area contributed by atoms with E-state index in [2.05, 4.69) is 15.4 Å². The van der Waals surface area contributed by atoms with Crippen LogP contribution in [0.15, 0.2) is 54.6 Å². The molecule has 7 heteroatoms. The highest BCUT2D eigenvalue weighted by Gasteiger charge is 2.05. The average molecular weight is 380 g/mol. The molecule has 0 unspecified atom stereocenters. The lowest BCUT2D eigenvalue weighted by molar-refractivity contribution is -0.0498. The minimum Gasteiger partial charge on any atom is -0.435 e. The van der Waals surface area contributed by atoms with Gasteiger partial charge in [-0.1, -0.05) is 30.3 Å². The van der Waals surface area contributed by atoms with Gasteiger partial charge in [0.25, 0.3) is 0 Å². The van der Waals surface area contributed by atoms with Gasteiger partial charge < -0.3 is 20.1 Å². The number of nitrogens with one attached hydrogen (secondary N) is 2. The molecular formula is C19H22F2N2O2S. The Morgan fingerprint density at radius 3 is 2.42 bits per heavy atom. The van der Waals surface area contributed by atoms with Crippen molar-refractivity contribution < 1.29 is 18.3 Å². The van der Waals surface area contributed by atoms with Gasteiger partial charge in [0, 0.05) is 18.8 Å². The molecule has 0 heterocycles. The predicted molar refractivity (Wildman–Crippen MR) is 103 cm³/mol. The third-order valence-electron chi connectivity index (χ3n) is 3.58. The van der Waals surface area contributed by atoms with Gasteiger partial charge in [0.05, 0.1) is 6.10 Å². The Kier molecular flexibility index (Phi) is 8.24. The monoisotopic (exact) mass is 380 g/mol. The fourth-order valence-electron chi connectivity index (χ4n) is 2.25. The van der Waals surface area contributed by atoms with Crippen molar-refractivity contribution in [1.29, 1.82) is 0 Å². The van der Waals surface area contributed by atoms with Crippen LogP contribution in [0.25, 0.3) is 0 Å². The fourth-order valence-corrected chi connectivity index (χ4v) is 2.47. The average Bonchev–Trinajstić information content (AvgIpc) is 2.63. The quantitative estimate of drug-likeness (QED) is 0.486. The number of thiocarbonyl (C=S) groups is 1. The van der Waals surface area contributed by atoms with E-state index >= 15 is 0 Å². The Morgan fingerprint density at radius 1 is 1.08 bits per heavy atom. The molecule has 140 valence electrons. The second-order valence-corrected chi connectivity index (χ2v) is 5.97. The van der Waals surface area contributed by atoms with Gasteiger partial charge >= 0.3 is 6.61 Å². The molecule has 2 rings (SSSR count). The molecule has 0 bridgehead atoms. The molecular weight excluding hydrogens is 358 g/mol. The second-order valence-electron chi connectivity index (χ2n) is 5.56. The van der Waals surface area contributed by atoms with Crippen LogP contribution >= 0.6 is 12.2 Å². The number of anilines is 1. The van der Waals surface area contributed by atoms with Gasteiger partial charge in [-0.3, -0.25) is 0 Å². The largest absolute Gasteiger partial charge is 0.435 e. The number of rotatable bonds is 9. The summed E-state index contributed by atoms with van der Waals surface area (Å²) in [6.07, 6.45) is 0.857. The number of ether oxygens (including phenoxy) is 2. The molecule has 0 aliphatic carbocycles. The molecule has 0 aliphatic rings. The van der Waals surface area contributed by atoms with Gasteiger partial charge in [-0.2, -0.15) is 8.78 Å². The van der Waals surface area contributed by atoms with Crippen molar-refractivity contribution in [3.05, 3.63) is 60.2 Å². The van der Waals surface area contributed by atoms with Gasteiger partial charge in [-0.15, -0.1) is 0 Å². The standard InChI is InChI=1S/C19H22F2N2O2S/c1-14(15-6-3-2-4-7-15)24-13-5-12-22-19(26)23-16-8-10-17(11-9-16)25-18(20)21/h2-4,6-11,14,18H,5,12-13H2,1H3,(H2,22,23,26)/t14-/m1/s1. The molecule has 1 atom stereocenters. The van der Waals surface area contributed by atoms with Crippen LogP contribution in [0, 0.1) is 0 Å². The highest BCUT2D eigenvalue weighted by atomic mass is 32.1. The van der Waals surface area contributed by atoms with Crippen molar-refractivity contribution in [2.24, 2.45) is 0 Å². The van der Waals surface area contributed by atoms with E-state index in [9.17, 15) is 8.78 Å². The van der Waals surface area contributed by atoms with Crippen molar-refractivity contribution >= 4 is 23.0 Å². The molecule has 0 saturated heterocycles. The van der Waals surface area contributed by atoms with Crippen molar-refractivity contribution in [1.82, 2.24) is 5.32 Å². The van der Waals surface area contributed by atoms with E-state index in [4.69, 9.17) is 17.0 Å². The van der Waals surface area contributed by atoms with Crippen LogP contribution in [0.2, 0.25) is 0 Å². The normalized spacial score (nSPS) is 11.8. The molecule has 0 saturated carbocycles. The summed E-state index contributed by atoms with van der Waals surface area (Å²) >= 11 is 5.20. The number of hydrogen-bond acceptors (Lipinski definition) is 3. The first kappa shape index (κ1) is 20.1. The zero-order valence-corrected chi connectivity index (χ0v) is 15.3. The van der Waals surface area contributed by atoms with Crippen LogP contribution in [0.1, 0.15) is 25.0 Å². The predicted octanol–water partition coefficient (Wildman–Crippen LogP) is 4.74. The molecule has 2 N–H and O–H groups in total. The summed E-state index contributed by atoms with van der Waals surface area (Å²) < 4.78 is 34.3. The van der Waals surface area contributed by atoms with Crippen molar-refractivity contribution in [3.8, 4) is 5.75 Å². The van der Waals surface area contributed by atoms with Crippen LogP contribution in [-0.4, -0.2) is 24.9 Å². The van der Waals surface area contributed by atoms with E-state index in [1.165, 1.54) is 12.1 Å². The van der Waals surface area contributed by atoms with Gasteiger partial charge in [-0.25, -0.2) is 0 Å². The Hall–Kier alpha value is -2.25. The first-order valence-electron chi connectivity index (χ1n) is 8.31. The lowest BCUT2D eigenvalue weighted by atomic mass is 10.1. The number of halogens is 2. The maximum absolute atomic E-state index is 12.1. The van der Waals surface area contributed by atoms with Gasteiger partial charge in [0.15, 0.2) is 5.11 Å². The first-order chi connectivity index (χ1) is 12.5. The maximum Gasteiger partial charge on any atom is 0.387 e. The molecule has 0 amide bonds. The summed E-state index contributed by atoms with van der Waals surface area (Å²) in [5, 5.41) is 6.53. The van der Waals surface area contributed by atoms with Gasteiger partial charge in [0.1, 0.15) is 5.75 Å². The third kappa shape index (κ3) is 7.33.